The summed E-state index contributed by atoms with van der Waals surface area (Å²) in [4.78, 5) is 35.3. The Balaban J connectivity index is 2.17. The summed E-state index contributed by atoms with van der Waals surface area (Å²) in [6, 6.07) is 7.25. The summed E-state index contributed by atoms with van der Waals surface area (Å²) in [5.74, 6) is -0.187. The monoisotopic (exact) mass is 388 g/mol. The number of para-hydroxylation sites is 2. The molecule has 0 spiro atoms. The van der Waals surface area contributed by atoms with Crippen molar-refractivity contribution in [2.45, 2.75) is 27.2 Å². The van der Waals surface area contributed by atoms with E-state index in [4.69, 9.17) is 4.74 Å². The molecule has 0 bridgehead atoms. The van der Waals surface area contributed by atoms with Crippen molar-refractivity contribution in [1.29, 1.82) is 0 Å². The number of carbonyl (C=O) groups excluding carboxylic acids is 1. The molecule has 0 aliphatic rings. The van der Waals surface area contributed by atoms with E-state index in [0.29, 0.717) is 37.8 Å². The molecule has 28 heavy (non-hydrogen) atoms. The van der Waals surface area contributed by atoms with Crippen LogP contribution in [-0.2, 0) is 4.74 Å². The van der Waals surface area contributed by atoms with Gasteiger partial charge in [-0.05, 0) is 25.3 Å². The SMILES string of the molecule is Cc1cc(=O)c(C(=O)NCCCOCC(C)C)nn1-c1ccccc1[N+](=O)[O-]. The maximum atomic E-state index is 12.4. The molecule has 0 unspecified atom stereocenters. The number of nitro benzene ring substituents is 1. The normalized spacial score (nSPS) is 10.9. The number of aromatic nitrogens is 2. The topological polar surface area (TPSA) is 116 Å². The zero-order valence-corrected chi connectivity index (χ0v) is 16.2. The maximum absolute atomic E-state index is 12.4. The van der Waals surface area contributed by atoms with Gasteiger partial charge in [-0.15, -0.1) is 0 Å². The molecule has 2 aromatic rings. The number of aryl methyl sites for hydroxylation is 1. The number of rotatable bonds is 9. The lowest BCUT2D eigenvalue weighted by molar-refractivity contribution is -0.384. The lowest BCUT2D eigenvalue weighted by atomic mass is 10.2. The fraction of sp³-hybridized carbons (Fsp3) is 0.421. The third-order valence-electron chi connectivity index (χ3n) is 3.83. The molecule has 0 saturated carbocycles. The number of hydrogen-bond donors (Lipinski definition) is 1. The highest BCUT2D eigenvalue weighted by Crippen LogP contribution is 2.22. The molecule has 0 saturated heterocycles. The van der Waals surface area contributed by atoms with Crippen LogP contribution in [0.2, 0.25) is 0 Å². The number of hydrogen-bond acceptors (Lipinski definition) is 6. The van der Waals surface area contributed by atoms with Crippen LogP contribution in [0.15, 0.2) is 35.1 Å². The van der Waals surface area contributed by atoms with E-state index < -0.39 is 16.3 Å². The minimum Gasteiger partial charge on any atom is -0.381 e. The molecule has 1 aromatic heterocycles. The first-order valence-corrected chi connectivity index (χ1v) is 9.02. The van der Waals surface area contributed by atoms with E-state index in [1.165, 1.54) is 28.9 Å². The van der Waals surface area contributed by atoms with Gasteiger partial charge in [0.1, 0.15) is 5.69 Å². The molecule has 2 rings (SSSR count). The first kappa shape index (κ1) is 21.2. The molecule has 0 aliphatic carbocycles. The Morgan fingerprint density at radius 2 is 2.07 bits per heavy atom. The third-order valence-corrected chi connectivity index (χ3v) is 3.83. The van der Waals surface area contributed by atoms with Crippen molar-refractivity contribution < 1.29 is 14.5 Å². The van der Waals surface area contributed by atoms with Gasteiger partial charge in [0.25, 0.3) is 11.6 Å². The van der Waals surface area contributed by atoms with Crippen molar-refractivity contribution in [2.75, 3.05) is 19.8 Å². The van der Waals surface area contributed by atoms with E-state index in [1.807, 2.05) is 13.8 Å². The van der Waals surface area contributed by atoms with Gasteiger partial charge in [0, 0.05) is 37.6 Å². The maximum Gasteiger partial charge on any atom is 0.294 e. The first-order chi connectivity index (χ1) is 13.3. The molecule has 1 heterocycles. The second-order valence-electron chi connectivity index (χ2n) is 6.73. The van der Waals surface area contributed by atoms with E-state index in [2.05, 4.69) is 10.4 Å². The summed E-state index contributed by atoms with van der Waals surface area (Å²) >= 11 is 0. The van der Waals surface area contributed by atoms with Gasteiger partial charge in [-0.25, -0.2) is 4.68 Å². The van der Waals surface area contributed by atoms with E-state index >= 15 is 0 Å². The molecule has 9 heteroatoms. The lowest BCUT2D eigenvalue weighted by Crippen LogP contribution is -2.33. The first-order valence-electron chi connectivity index (χ1n) is 9.02. The molecule has 0 fully saturated rings. The quantitative estimate of drug-likeness (QED) is 0.400. The lowest BCUT2D eigenvalue weighted by Gasteiger charge is -2.12. The van der Waals surface area contributed by atoms with Crippen LogP contribution in [0.25, 0.3) is 5.69 Å². The van der Waals surface area contributed by atoms with Gasteiger partial charge >= 0.3 is 0 Å². The van der Waals surface area contributed by atoms with Crippen molar-refractivity contribution in [3.05, 3.63) is 62.1 Å². The molecular weight excluding hydrogens is 364 g/mol. The second-order valence-corrected chi connectivity index (χ2v) is 6.73. The molecule has 9 nitrogen and oxygen atoms in total. The van der Waals surface area contributed by atoms with Crippen LogP contribution in [0.3, 0.4) is 0 Å². The molecule has 1 N–H and O–H groups in total. The molecule has 0 radical (unpaired) electrons. The van der Waals surface area contributed by atoms with E-state index in [-0.39, 0.29) is 17.1 Å². The second kappa shape index (κ2) is 9.75. The van der Waals surface area contributed by atoms with Crippen molar-refractivity contribution in [2.24, 2.45) is 5.92 Å². The van der Waals surface area contributed by atoms with Gasteiger partial charge in [-0.1, -0.05) is 26.0 Å². The van der Waals surface area contributed by atoms with Crippen molar-refractivity contribution >= 4 is 11.6 Å². The summed E-state index contributed by atoms with van der Waals surface area (Å²) in [5.41, 5.74) is -0.456. The van der Waals surface area contributed by atoms with Crippen LogP contribution in [-0.4, -0.2) is 40.4 Å². The zero-order chi connectivity index (χ0) is 20.7. The fourth-order valence-electron chi connectivity index (χ4n) is 2.53. The van der Waals surface area contributed by atoms with E-state index in [1.54, 1.807) is 13.0 Å². The Kier molecular flexibility index (Phi) is 7.39. The van der Waals surface area contributed by atoms with Crippen molar-refractivity contribution in [1.82, 2.24) is 15.1 Å². The smallest absolute Gasteiger partial charge is 0.294 e. The Bertz CT molecular complexity index is 907. The van der Waals surface area contributed by atoms with Gasteiger partial charge in [-0.3, -0.25) is 19.7 Å². The van der Waals surface area contributed by atoms with Crippen LogP contribution in [0.4, 0.5) is 5.69 Å². The molecular formula is C19H24N4O5. The van der Waals surface area contributed by atoms with Crippen LogP contribution in [0.5, 0.6) is 0 Å². The van der Waals surface area contributed by atoms with Gasteiger partial charge in [-0.2, -0.15) is 5.10 Å². The summed E-state index contributed by atoms with van der Waals surface area (Å²) in [6.45, 7) is 7.17. The highest BCUT2D eigenvalue weighted by Gasteiger charge is 2.19. The largest absolute Gasteiger partial charge is 0.381 e. The Hall–Kier alpha value is -3.07. The predicted octanol–water partition coefficient (Wildman–Crippen LogP) is 2.24. The number of ether oxygens (including phenoxy) is 1. The molecule has 0 aliphatic heterocycles. The van der Waals surface area contributed by atoms with Gasteiger partial charge < -0.3 is 10.1 Å². The summed E-state index contributed by atoms with van der Waals surface area (Å²) in [5, 5.41) is 18.0. The average Bonchev–Trinajstić information content (AvgIpc) is 2.64. The number of amides is 1. The zero-order valence-electron chi connectivity index (χ0n) is 16.2. The number of nitro groups is 1. The summed E-state index contributed by atoms with van der Waals surface area (Å²) < 4.78 is 6.67. The van der Waals surface area contributed by atoms with Gasteiger partial charge in [0.05, 0.1) is 4.92 Å². The number of nitrogens with one attached hydrogen (secondary N) is 1. The number of nitrogens with zero attached hydrogens (tertiary/aromatic N) is 3. The molecule has 1 amide bonds. The summed E-state index contributed by atoms with van der Waals surface area (Å²) in [6.07, 6.45) is 0.600. The van der Waals surface area contributed by atoms with Gasteiger partial charge in [0.2, 0.25) is 5.43 Å². The molecule has 0 atom stereocenters. The minimum absolute atomic E-state index is 0.171. The van der Waals surface area contributed by atoms with Crippen LogP contribution < -0.4 is 10.7 Å². The van der Waals surface area contributed by atoms with Gasteiger partial charge in [0.15, 0.2) is 5.69 Å². The molecule has 150 valence electrons. The number of benzene rings is 1. The van der Waals surface area contributed by atoms with Crippen molar-refractivity contribution in [3.63, 3.8) is 0 Å². The van der Waals surface area contributed by atoms with Crippen LogP contribution in [0.1, 0.15) is 36.5 Å². The Morgan fingerprint density at radius 3 is 2.75 bits per heavy atom. The standard InChI is InChI=1S/C19H24N4O5/c1-13(2)12-28-10-6-9-20-19(25)18-17(24)11-14(3)22(21-18)15-7-4-5-8-16(15)23(26)27/h4-5,7-8,11,13H,6,9-10,12H2,1-3H3,(H,20,25). The Labute approximate surface area is 162 Å². The number of carbonyl (C=O) groups is 1. The van der Waals surface area contributed by atoms with Crippen molar-refractivity contribution in [3.8, 4) is 5.69 Å². The highest BCUT2D eigenvalue weighted by molar-refractivity contribution is 5.92. The van der Waals surface area contributed by atoms with E-state index in [9.17, 15) is 19.7 Å². The van der Waals surface area contributed by atoms with Crippen LogP contribution in [0, 0.1) is 23.0 Å². The van der Waals surface area contributed by atoms with Crippen LogP contribution >= 0.6 is 0 Å². The molecule has 1 aromatic carbocycles. The summed E-state index contributed by atoms with van der Waals surface area (Å²) in [7, 11) is 0. The third kappa shape index (κ3) is 5.46. The fourth-order valence-corrected chi connectivity index (χ4v) is 2.53. The predicted molar refractivity (Wildman–Crippen MR) is 104 cm³/mol. The van der Waals surface area contributed by atoms with E-state index in [0.717, 1.165) is 0 Å². The average molecular weight is 388 g/mol. The Morgan fingerprint density at radius 1 is 1.36 bits per heavy atom. The minimum atomic E-state index is -0.624. The highest BCUT2D eigenvalue weighted by atomic mass is 16.6.